The number of nitrogens with zero attached hydrogens (tertiary/aromatic N) is 1. The first kappa shape index (κ1) is 12.5. The van der Waals surface area contributed by atoms with Crippen molar-refractivity contribution in [3.63, 3.8) is 0 Å². The number of ketones is 2. The second-order valence-electron chi connectivity index (χ2n) is 4.42. The fraction of sp³-hybridized carbons (Fsp3) is 0.357. The van der Waals surface area contributed by atoms with Crippen molar-refractivity contribution in [2.24, 2.45) is 11.1 Å². The Morgan fingerprint density at radius 1 is 1.06 bits per heavy atom. The summed E-state index contributed by atoms with van der Waals surface area (Å²) >= 11 is 0. The molecule has 0 heterocycles. The largest absolute Gasteiger partial charge is 0.411 e. The van der Waals surface area contributed by atoms with Gasteiger partial charge in [0, 0.05) is 18.4 Å². The van der Waals surface area contributed by atoms with Crippen molar-refractivity contribution >= 4 is 17.3 Å². The highest BCUT2D eigenvalue weighted by atomic mass is 16.4. The Hall–Kier alpha value is -1.97. The van der Waals surface area contributed by atoms with Gasteiger partial charge in [-0.05, 0) is 12.8 Å². The van der Waals surface area contributed by atoms with Crippen molar-refractivity contribution in [1.82, 2.24) is 0 Å². The third kappa shape index (κ3) is 2.47. The lowest BCUT2D eigenvalue weighted by Crippen LogP contribution is -2.31. The van der Waals surface area contributed by atoms with Crippen molar-refractivity contribution in [3.05, 3.63) is 35.9 Å². The number of carbonyl (C=O) groups excluding carboxylic acids is 2. The number of carbonyl (C=O) groups is 2. The van der Waals surface area contributed by atoms with Crippen LogP contribution in [0.1, 0.15) is 31.2 Å². The smallest absolute Gasteiger partial charge is 0.149 e. The average molecular weight is 245 g/mol. The quantitative estimate of drug-likeness (QED) is 0.285. The maximum atomic E-state index is 12.0. The summed E-state index contributed by atoms with van der Waals surface area (Å²) in [7, 11) is 0. The number of benzene rings is 1. The molecule has 1 N–H and O–H groups in total. The second kappa shape index (κ2) is 5.58. The van der Waals surface area contributed by atoms with Gasteiger partial charge >= 0.3 is 0 Å². The number of rotatable bonds is 2. The van der Waals surface area contributed by atoms with Gasteiger partial charge in [-0.2, -0.15) is 0 Å². The summed E-state index contributed by atoms with van der Waals surface area (Å²) in [5, 5.41) is 12.3. The van der Waals surface area contributed by atoms with Gasteiger partial charge in [0.05, 0.1) is 0 Å². The Bertz CT molecular complexity index is 461. The molecule has 4 heteroatoms. The molecule has 4 nitrogen and oxygen atoms in total. The van der Waals surface area contributed by atoms with Gasteiger partial charge in [0.25, 0.3) is 0 Å². The molecule has 1 aliphatic rings. The topological polar surface area (TPSA) is 66.7 Å². The average Bonchev–Trinajstić information content (AvgIpc) is 2.56. The highest BCUT2D eigenvalue weighted by molar-refractivity contribution is 6.26. The zero-order valence-electron chi connectivity index (χ0n) is 10.0. The van der Waals surface area contributed by atoms with Gasteiger partial charge < -0.3 is 5.21 Å². The summed E-state index contributed by atoms with van der Waals surface area (Å²) < 4.78 is 0. The van der Waals surface area contributed by atoms with Crippen molar-refractivity contribution in [3.8, 4) is 0 Å². The Labute approximate surface area is 105 Å². The maximum Gasteiger partial charge on any atom is 0.149 e. The predicted octanol–water partition coefficient (Wildman–Crippen LogP) is 2.19. The van der Waals surface area contributed by atoms with Gasteiger partial charge in [0.15, 0.2) is 0 Å². The lowest BCUT2D eigenvalue weighted by atomic mass is 9.88. The van der Waals surface area contributed by atoms with E-state index in [4.69, 9.17) is 5.21 Å². The van der Waals surface area contributed by atoms with Crippen LogP contribution in [0.25, 0.3) is 0 Å². The van der Waals surface area contributed by atoms with E-state index < -0.39 is 5.92 Å². The van der Waals surface area contributed by atoms with Crippen LogP contribution >= 0.6 is 0 Å². The van der Waals surface area contributed by atoms with E-state index >= 15 is 0 Å². The Balaban J connectivity index is 2.37. The fourth-order valence-corrected chi connectivity index (χ4v) is 2.26. The zero-order valence-corrected chi connectivity index (χ0v) is 10.0. The number of hydrogen-bond acceptors (Lipinski definition) is 4. The first-order chi connectivity index (χ1) is 8.74. The molecule has 0 aromatic heterocycles. The van der Waals surface area contributed by atoms with Gasteiger partial charge in [0.2, 0.25) is 0 Å². The van der Waals surface area contributed by atoms with Gasteiger partial charge in [-0.25, -0.2) is 0 Å². The molecule has 1 aliphatic carbocycles. The molecular formula is C14H15NO3. The van der Waals surface area contributed by atoms with Crippen molar-refractivity contribution in [2.45, 2.75) is 25.7 Å². The van der Waals surface area contributed by atoms with Gasteiger partial charge in [-0.15, -0.1) is 0 Å². The van der Waals surface area contributed by atoms with Crippen LogP contribution in [0.15, 0.2) is 35.5 Å². The normalized spacial score (nSPS) is 18.8. The van der Waals surface area contributed by atoms with Crippen molar-refractivity contribution in [2.75, 3.05) is 0 Å². The molecule has 0 unspecified atom stereocenters. The molecule has 1 saturated carbocycles. The van der Waals surface area contributed by atoms with Crippen molar-refractivity contribution in [1.29, 1.82) is 0 Å². The van der Waals surface area contributed by atoms with E-state index in [1.807, 2.05) is 6.07 Å². The highest BCUT2D eigenvalue weighted by Crippen LogP contribution is 2.21. The summed E-state index contributed by atoms with van der Waals surface area (Å²) in [4.78, 5) is 24.0. The molecule has 0 saturated heterocycles. The van der Waals surface area contributed by atoms with Crippen LogP contribution in [0.2, 0.25) is 0 Å². The second-order valence-corrected chi connectivity index (χ2v) is 4.42. The Kier molecular flexibility index (Phi) is 3.87. The van der Waals surface area contributed by atoms with Crippen molar-refractivity contribution < 1.29 is 14.8 Å². The van der Waals surface area contributed by atoms with Crippen LogP contribution in [-0.4, -0.2) is 22.5 Å². The summed E-state index contributed by atoms with van der Waals surface area (Å²) in [5.41, 5.74) is 0.793. The van der Waals surface area contributed by atoms with E-state index in [0.29, 0.717) is 18.4 Å². The fourth-order valence-electron chi connectivity index (χ4n) is 2.26. The zero-order chi connectivity index (χ0) is 13.0. The van der Waals surface area contributed by atoms with E-state index in [1.54, 1.807) is 24.3 Å². The van der Waals surface area contributed by atoms with E-state index in [0.717, 1.165) is 12.8 Å². The van der Waals surface area contributed by atoms with Crippen LogP contribution in [0.5, 0.6) is 0 Å². The molecule has 0 spiro atoms. The number of oxime groups is 1. The molecule has 0 bridgehead atoms. The molecule has 0 radical (unpaired) electrons. The maximum absolute atomic E-state index is 12.0. The number of Topliss-reactive ketones (excluding diaryl/α,β-unsaturated/α-hetero) is 2. The molecule has 0 atom stereocenters. The van der Waals surface area contributed by atoms with E-state index in [9.17, 15) is 9.59 Å². The summed E-state index contributed by atoms with van der Waals surface area (Å²) in [6.45, 7) is 0. The minimum absolute atomic E-state index is 0.144. The molecule has 1 aromatic carbocycles. The monoisotopic (exact) mass is 245 g/mol. The molecule has 94 valence electrons. The first-order valence-electron chi connectivity index (χ1n) is 6.07. The van der Waals surface area contributed by atoms with Crippen LogP contribution in [0, 0.1) is 5.92 Å². The Morgan fingerprint density at radius 3 is 2.11 bits per heavy atom. The highest BCUT2D eigenvalue weighted by Gasteiger charge is 2.33. The van der Waals surface area contributed by atoms with Gasteiger partial charge in [0.1, 0.15) is 23.2 Å². The lowest BCUT2D eigenvalue weighted by Gasteiger charge is -2.13. The lowest BCUT2D eigenvalue weighted by molar-refractivity contribution is -0.129. The van der Waals surface area contributed by atoms with E-state index in [1.165, 1.54) is 0 Å². The van der Waals surface area contributed by atoms with Crippen LogP contribution < -0.4 is 0 Å². The molecule has 2 rings (SSSR count). The molecule has 1 aromatic rings. The SMILES string of the molecule is O=C1CCCCC(=O)C1C(=NO)c1ccccc1. The molecule has 0 amide bonds. The van der Waals surface area contributed by atoms with E-state index in [-0.39, 0.29) is 17.3 Å². The van der Waals surface area contributed by atoms with Crippen LogP contribution in [0.4, 0.5) is 0 Å². The summed E-state index contributed by atoms with van der Waals surface area (Å²) in [6, 6.07) is 8.87. The molecule has 1 fully saturated rings. The first-order valence-corrected chi connectivity index (χ1v) is 6.07. The van der Waals surface area contributed by atoms with E-state index in [2.05, 4.69) is 5.16 Å². The standard InChI is InChI=1S/C14H15NO3/c16-11-8-4-5-9-12(17)13(11)14(15-18)10-6-2-1-3-7-10/h1-3,6-7,13,18H,4-5,8-9H2. The molecule has 18 heavy (non-hydrogen) atoms. The molecule has 0 aliphatic heterocycles. The summed E-state index contributed by atoms with van der Waals surface area (Å²) in [6.07, 6.45) is 2.22. The third-order valence-corrected chi connectivity index (χ3v) is 3.19. The number of hydrogen-bond donors (Lipinski definition) is 1. The predicted molar refractivity (Wildman–Crippen MR) is 66.7 cm³/mol. The van der Waals surface area contributed by atoms with Gasteiger partial charge in [-0.3, -0.25) is 9.59 Å². The minimum atomic E-state index is -0.903. The molecular weight excluding hydrogens is 230 g/mol. The minimum Gasteiger partial charge on any atom is -0.411 e. The van der Waals surface area contributed by atoms with Gasteiger partial charge in [-0.1, -0.05) is 35.5 Å². The third-order valence-electron chi connectivity index (χ3n) is 3.19. The van der Waals surface area contributed by atoms with Crippen LogP contribution in [0.3, 0.4) is 0 Å². The summed E-state index contributed by atoms with van der Waals surface area (Å²) in [5.74, 6) is -1.19. The van der Waals surface area contributed by atoms with Crippen LogP contribution in [-0.2, 0) is 9.59 Å². The Morgan fingerprint density at radius 2 is 1.61 bits per heavy atom.